The minimum Gasteiger partial charge on any atom is -0.454 e. The van der Waals surface area contributed by atoms with Gasteiger partial charge in [-0.15, -0.1) is 0 Å². The fourth-order valence-electron chi connectivity index (χ4n) is 2.97. The molecule has 0 unspecified atom stereocenters. The summed E-state index contributed by atoms with van der Waals surface area (Å²) in [5.74, 6) is 1.23. The molecule has 3 aromatic carbocycles. The third kappa shape index (κ3) is 4.65. The van der Waals surface area contributed by atoms with E-state index < -0.39 is 14.9 Å². The summed E-state index contributed by atoms with van der Waals surface area (Å²) in [6, 6.07) is 15.0. The zero-order chi connectivity index (χ0) is 22.0. The fraction of sp³-hybridized carbons (Fsp3) is 0.100. The van der Waals surface area contributed by atoms with Gasteiger partial charge in [0.1, 0.15) is 4.90 Å². The molecule has 0 saturated carbocycles. The van der Waals surface area contributed by atoms with Crippen molar-refractivity contribution in [3.05, 3.63) is 81.4 Å². The summed E-state index contributed by atoms with van der Waals surface area (Å²) in [6.07, 6.45) is 0. The smallest absolute Gasteiger partial charge is 0.270 e. The molecule has 1 aliphatic heterocycles. The van der Waals surface area contributed by atoms with Gasteiger partial charge in [-0.05, 0) is 48.0 Å². The Balaban J connectivity index is 1.62. The van der Waals surface area contributed by atoms with Crippen molar-refractivity contribution in [3.8, 4) is 11.5 Å². The zero-order valence-electron chi connectivity index (χ0n) is 15.9. The van der Waals surface area contributed by atoms with E-state index in [-0.39, 0.29) is 35.3 Å². The summed E-state index contributed by atoms with van der Waals surface area (Å²) in [7, 11) is -4.13. The van der Waals surface area contributed by atoms with E-state index in [1.165, 1.54) is 36.4 Å². The number of nitrogens with zero attached hydrogens (tertiary/aromatic N) is 1. The number of rotatable bonds is 7. The van der Waals surface area contributed by atoms with Crippen LogP contribution in [0, 0.1) is 10.1 Å². The van der Waals surface area contributed by atoms with Crippen molar-refractivity contribution >= 4 is 38.7 Å². The highest BCUT2D eigenvalue weighted by Crippen LogP contribution is 2.33. The molecule has 1 heterocycles. The third-order valence-corrected chi connectivity index (χ3v) is 6.16. The van der Waals surface area contributed by atoms with Crippen LogP contribution in [0.25, 0.3) is 0 Å². The molecule has 160 valence electrons. The number of nitrogens with one attached hydrogen (secondary N) is 2. The van der Waals surface area contributed by atoms with Crippen molar-refractivity contribution < 1.29 is 22.8 Å². The van der Waals surface area contributed by atoms with E-state index in [2.05, 4.69) is 10.0 Å². The lowest BCUT2D eigenvalue weighted by Gasteiger charge is -2.14. The van der Waals surface area contributed by atoms with Gasteiger partial charge in [0, 0.05) is 29.4 Å². The lowest BCUT2D eigenvalue weighted by molar-refractivity contribution is -0.385. The predicted octanol–water partition coefficient (Wildman–Crippen LogP) is 4.39. The highest BCUT2D eigenvalue weighted by Gasteiger charge is 2.23. The summed E-state index contributed by atoms with van der Waals surface area (Å²) in [6.45, 7) is 0.408. The van der Waals surface area contributed by atoms with Crippen LogP contribution in [0.3, 0.4) is 0 Å². The molecule has 4 rings (SSSR count). The minimum absolute atomic E-state index is 0.146. The van der Waals surface area contributed by atoms with E-state index >= 15 is 0 Å². The molecule has 0 aliphatic carbocycles. The average molecular weight is 462 g/mol. The van der Waals surface area contributed by atoms with Gasteiger partial charge in [0.15, 0.2) is 11.5 Å². The highest BCUT2D eigenvalue weighted by molar-refractivity contribution is 7.92. The molecular weight excluding hydrogens is 446 g/mol. The quantitative estimate of drug-likeness (QED) is 0.395. The molecule has 3 aromatic rings. The molecule has 0 fully saturated rings. The molecule has 1 aliphatic rings. The zero-order valence-corrected chi connectivity index (χ0v) is 17.4. The monoisotopic (exact) mass is 461 g/mol. The molecule has 0 aromatic heterocycles. The first-order valence-corrected chi connectivity index (χ1v) is 10.9. The van der Waals surface area contributed by atoms with Gasteiger partial charge in [-0.2, -0.15) is 0 Å². The first kappa shape index (κ1) is 20.8. The Hall–Kier alpha value is -3.50. The summed E-state index contributed by atoms with van der Waals surface area (Å²) < 4.78 is 39.0. The molecular formula is C20H16ClN3O6S. The number of ether oxygens (including phenoxy) is 2. The topological polar surface area (TPSA) is 120 Å². The molecule has 11 heteroatoms. The van der Waals surface area contributed by atoms with Crippen molar-refractivity contribution in [2.45, 2.75) is 11.4 Å². The van der Waals surface area contributed by atoms with Gasteiger partial charge in [-0.1, -0.05) is 17.7 Å². The van der Waals surface area contributed by atoms with Crippen LogP contribution in [-0.2, 0) is 16.6 Å². The number of anilines is 2. The summed E-state index contributed by atoms with van der Waals surface area (Å²) in [5.41, 5.74) is 0.962. The number of nitro groups is 1. The van der Waals surface area contributed by atoms with Crippen LogP contribution in [0.4, 0.5) is 17.1 Å². The maximum Gasteiger partial charge on any atom is 0.270 e. The number of hydrogen-bond acceptors (Lipinski definition) is 7. The number of nitro benzene ring substituents is 1. The molecule has 0 saturated heterocycles. The second-order valence-corrected chi connectivity index (χ2v) is 8.68. The van der Waals surface area contributed by atoms with Crippen LogP contribution < -0.4 is 19.5 Å². The first-order chi connectivity index (χ1) is 14.8. The summed E-state index contributed by atoms with van der Waals surface area (Å²) in [5, 5.41) is 14.7. The van der Waals surface area contributed by atoms with E-state index in [4.69, 9.17) is 21.1 Å². The Morgan fingerprint density at radius 1 is 1.00 bits per heavy atom. The van der Waals surface area contributed by atoms with Gasteiger partial charge in [-0.25, -0.2) is 8.42 Å². The minimum atomic E-state index is -4.13. The van der Waals surface area contributed by atoms with Crippen molar-refractivity contribution in [2.75, 3.05) is 16.8 Å². The summed E-state index contributed by atoms with van der Waals surface area (Å²) >= 11 is 5.84. The molecule has 9 nitrogen and oxygen atoms in total. The Morgan fingerprint density at radius 3 is 2.48 bits per heavy atom. The Labute approximate surface area is 182 Å². The van der Waals surface area contributed by atoms with Crippen LogP contribution in [0.2, 0.25) is 5.02 Å². The number of fused-ring (bicyclic) bond motifs is 1. The Morgan fingerprint density at radius 2 is 1.74 bits per heavy atom. The lowest BCUT2D eigenvalue weighted by atomic mass is 10.2. The number of sulfonamides is 1. The van der Waals surface area contributed by atoms with E-state index in [0.717, 1.165) is 11.6 Å². The number of benzene rings is 3. The Kier molecular flexibility index (Phi) is 5.57. The molecule has 2 N–H and O–H groups in total. The SMILES string of the molecule is O=[N+]([O-])c1ccc(NCc2ccc3c(c2)OCO3)c(S(=O)(=O)Nc2ccc(Cl)cc2)c1. The Bertz CT molecular complexity index is 1250. The van der Waals surface area contributed by atoms with Gasteiger partial charge in [0.2, 0.25) is 6.79 Å². The molecule has 31 heavy (non-hydrogen) atoms. The standard InChI is InChI=1S/C20H16ClN3O6S/c21-14-2-4-15(5-3-14)23-31(27,28)20-10-16(24(25)26)6-7-17(20)22-11-13-1-8-18-19(9-13)30-12-29-18/h1-10,22-23H,11-12H2. The normalized spacial score (nSPS) is 12.4. The van der Waals surface area contributed by atoms with Crippen LogP contribution >= 0.6 is 11.6 Å². The van der Waals surface area contributed by atoms with Gasteiger partial charge in [-0.3, -0.25) is 14.8 Å². The van der Waals surface area contributed by atoms with E-state index in [1.807, 2.05) is 6.07 Å². The van der Waals surface area contributed by atoms with E-state index in [0.29, 0.717) is 16.5 Å². The first-order valence-electron chi connectivity index (χ1n) is 9.01. The third-order valence-electron chi connectivity index (χ3n) is 4.48. The summed E-state index contributed by atoms with van der Waals surface area (Å²) in [4.78, 5) is 10.3. The van der Waals surface area contributed by atoms with Crippen LogP contribution in [0.5, 0.6) is 11.5 Å². The fourth-order valence-corrected chi connectivity index (χ4v) is 4.36. The molecule has 0 bridgehead atoms. The molecule has 0 spiro atoms. The second-order valence-electron chi connectivity index (χ2n) is 6.59. The highest BCUT2D eigenvalue weighted by atomic mass is 35.5. The van der Waals surface area contributed by atoms with Crippen molar-refractivity contribution in [1.82, 2.24) is 0 Å². The number of hydrogen-bond donors (Lipinski definition) is 2. The number of halogens is 1. The van der Waals surface area contributed by atoms with Crippen molar-refractivity contribution in [2.24, 2.45) is 0 Å². The number of non-ortho nitro benzene ring substituents is 1. The second kappa shape index (κ2) is 8.32. The van der Waals surface area contributed by atoms with Crippen LogP contribution in [0.15, 0.2) is 65.6 Å². The molecule has 0 amide bonds. The maximum atomic E-state index is 13.0. The van der Waals surface area contributed by atoms with Gasteiger partial charge in [0.25, 0.3) is 15.7 Å². The van der Waals surface area contributed by atoms with E-state index in [1.54, 1.807) is 12.1 Å². The van der Waals surface area contributed by atoms with E-state index in [9.17, 15) is 18.5 Å². The van der Waals surface area contributed by atoms with Gasteiger partial charge < -0.3 is 14.8 Å². The lowest BCUT2D eigenvalue weighted by Crippen LogP contribution is -2.16. The van der Waals surface area contributed by atoms with Crippen molar-refractivity contribution in [3.63, 3.8) is 0 Å². The maximum absolute atomic E-state index is 13.0. The molecule has 0 radical (unpaired) electrons. The largest absolute Gasteiger partial charge is 0.454 e. The van der Waals surface area contributed by atoms with Crippen molar-refractivity contribution in [1.29, 1.82) is 0 Å². The van der Waals surface area contributed by atoms with Gasteiger partial charge >= 0.3 is 0 Å². The molecule has 0 atom stereocenters. The van der Waals surface area contributed by atoms with Crippen LogP contribution in [0.1, 0.15) is 5.56 Å². The van der Waals surface area contributed by atoms with Crippen LogP contribution in [-0.4, -0.2) is 20.1 Å². The average Bonchev–Trinajstić information content (AvgIpc) is 3.21. The van der Waals surface area contributed by atoms with Gasteiger partial charge in [0.05, 0.1) is 10.6 Å². The predicted molar refractivity (Wildman–Crippen MR) is 115 cm³/mol.